The van der Waals surface area contributed by atoms with E-state index < -0.39 is 11.6 Å². The molecule has 0 saturated carbocycles. The number of hydrogen-bond donors (Lipinski definition) is 1. The second-order valence-electron chi connectivity index (χ2n) is 5.37. The predicted octanol–water partition coefficient (Wildman–Crippen LogP) is 2.58. The van der Waals surface area contributed by atoms with Gasteiger partial charge >= 0.3 is 0 Å². The zero-order chi connectivity index (χ0) is 13.7. The highest BCUT2D eigenvalue weighted by Crippen LogP contribution is 2.10. The summed E-state index contributed by atoms with van der Waals surface area (Å²) in [6.45, 7) is 6.22. The number of hydrogen-bond acceptors (Lipinski definition) is 2. The summed E-state index contributed by atoms with van der Waals surface area (Å²) in [5, 5.41) is 3.47. The van der Waals surface area contributed by atoms with E-state index in [2.05, 4.69) is 17.1 Å². The Hall–Kier alpha value is -1.00. The summed E-state index contributed by atoms with van der Waals surface area (Å²) in [6.07, 6.45) is 2.95. The molecule has 0 amide bonds. The highest BCUT2D eigenvalue weighted by molar-refractivity contribution is 5.18. The van der Waals surface area contributed by atoms with Crippen LogP contribution in [0.5, 0.6) is 0 Å². The summed E-state index contributed by atoms with van der Waals surface area (Å²) in [6, 6.07) is 4.33. The van der Waals surface area contributed by atoms with E-state index in [1.54, 1.807) is 0 Å². The first-order valence-corrected chi connectivity index (χ1v) is 7.04. The van der Waals surface area contributed by atoms with Gasteiger partial charge in [-0.05, 0) is 63.5 Å². The van der Waals surface area contributed by atoms with Gasteiger partial charge in [-0.2, -0.15) is 0 Å². The molecule has 0 bridgehead atoms. The third kappa shape index (κ3) is 4.88. The smallest absolute Gasteiger partial charge is 0.126 e. The van der Waals surface area contributed by atoms with Gasteiger partial charge < -0.3 is 10.2 Å². The molecule has 1 atom stereocenters. The first-order chi connectivity index (χ1) is 9.13. The minimum atomic E-state index is -0.486. The third-order valence-electron chi connectivity index (χ3n) is 3.66. The number of benzene rings is 1. The fraction of sp³-hybridized carbons (Fsp3) is 0.600. The van der Waals surface area contributed by atoms with Crippen molar-refractivity contribution in [2.45, 2.75) is 32.2 Å². The molecule has 0 aliphatic carbocycles. The quantitative estimate of drug-likeness (QED) is 0.906. The molecule has 1 N–H and O–H groups in total. The van der Waals surface area contributed by atoms with Gasteiger partial charge in [0.1, 0.15) is 11.6 Å². The van der Waals surface area contributed by atoms with E-state index in [1.807, 2.05) is 0 Å². The maximum Gasteiger partial charge on any atom is 0.126 e. The predicted molar refractivity (Wildman–Crippen MR) is 73.2 cm³/mol. The van der Waals surface area contributed by atoms with E-state index >= 15 is 0 Å². The van der Waals surface area contributed by atoms with Crippen LogP contribution in [-0.4, -0.2) is 37.1 Å². The fourth-order valence-corrected chi connectivity index (χ4v) is 2.51. The van der Waals surface area contributed by atoms with Gasteiger partial charge in [-0.25, -0.2) is 8.78 Å². The normalized spacial score (nSPS) is 21.9. The lowest BCUT2D eigenvalue weighted by Crippen LogP contribution is -2.39. The molecule has 1 heterocycles. The highest BCUT2D eigenvalue weighted by Gasteiger charge is 2.11. The SMILES string of the molecule is CC1CCN(CCc2cc(F)cc(F)c2)CCCN1. The molecule has 4 heteroatoms. The Morgan fingerprint density at radius 2 is 1.95 bits per heavy atom. The molecule has 0 spiro atoms. The Balaban J connectivity index is 1.86. The lowest BCUT2D eigenvalue weighted by molar-refractivity contribution is 0.239. The molecule has 106 valence electrons. The number of rotatable bonds is 3. The Kier molecular flexibility index (Phi) is 5.28. The van der Waals surface area contributed by atoms with Crippen LogP contribution >= 0.6 is 0 Å². The second-order valence-corrected chi connectivity index (χ2v) is 5.37. The summed E-state index contributed by atoms with van der Waals surface area (Å²) in [4.78, 5) is 2.39. The molecule has 2 nitrogen and oxygen atoms in total. The van der Waals surface area contributed by atoms with Crippen LogP contribution in [-0.2, 0) is 6.42 Å². The lowest BCUT2D eigenvalue weighted by atomic mass is 10.1. The van der Waals surface area contributed by atoms with Crippen LogP contribution in [0.15, 0.2) is 18.2 Å². The molecule has 2 rings (SSSR count). The molecule has 0 aromatic heterocycles. The number of nitrogens with zero attached hydrogens (tertiary/aromatic N) is 1. The third-order valence-corrected chi connectivity index (χ3v) is 3.66. The molecule has 1 aliphatic rings. The van der Waals surface area contributed by atoms with Crippen molar-refractivity contribution in [1.82, 2.24) is 10.2 Å². The van der Waals surface area contributed by atoms with Crippen molar-refractivity contribution in [2.75, 3.05) is 26.2 Å². The van der Waals surface area contributed by atoms with E-state index in [4.69, 9.17) is 0 Å². The van der Waals surface area contributed by atoms with Gasteiger partial charge in [-0.15, -0.1) is 0 Å². The zero-order valence-electron chi connectivity index (χ0n) is 11.5. The molecule has 1 aromatic carbocycles. The summed E-state index contributed by atoms with van der Waals surface area (Å²) >= 11 is 0. The van der Waals surface area contributed by atoms with Gasteiger partial charge in [0.05, 0.1) is 0 Å². The van der Waals surface area contributed by atoms with E-state index in [0.717, 1.165) is 50.7 Å². The molecule has 0 radical (unpaired) electrons. The number of halogens is 2. The Labute approximate surface area is 113 Å². The Bertz CT molecular complexity index is 389. The average Bonchev–Trinajstić information content (AvgIpc) is 2.32. The van der Waals surface area contributed by atoms with Crippen LogP contribution in [0.1, 0.15) is 25.3 Å². The van der Waals surface area contributed by atoms with Crippen LogP contribution in [0.3, 0.4) is 0 Å². The van der Waals surface area contributed by atoms with E-state index in [9.17, 15) is 8.78 Å². The highest BCUT2D eigenvalue weighted by atomic mass is 19.1. The van der Waals surface area contributed by atoms with Crippen molar-refractivity contribution in [1.29, 1.82) is 0 Å². The largest absolute Gasteiger partial charge is 0.314 e. The second kappa shape index (κ2) is 6.96. The molecule has 1 unspecified atom stereocenters. The van der Waals surface area contributed by atoms with Crippen molar-refractivity contribution >= 4 is 0 Å². The summed E-state index contributed by atoms with van der Waals surface area (Å²) in [7, 11) is 0. The van der Waals surface area contributed by atoms with Crippen molar-refractivity contribution < 1.29 is 8.78 Å². The number of nitrogens with one attached hydrogen (secondary N) is 1. The molecule has 1 aromatic rings. The first-order valence-electron chi connectivity index (χ1n) is 7.04. The van der Waals surface area contributed by atoms with Crippen LogP contribution in [0, 0.1) is 11.6 Å². The lowest BCUT2D eigenvalue weighted by Gasteiger charge is -2.27. The van der Waals surface area contributed by atoms with E-state index in [-0.39, 0.29) is 0 Å². The average molecular weight is 268 g/mol. The van der Waals surface area contributed by atoms with Gasteiger partial charge in [-0.3, -0.25) is 0 Å². The topological polar surface area (TPSA) is 15.3 Å². The van der Waals surface area contributed by atoms with Crippen LogP contribution < -0.4 is 5.32 Å². The molecule has 19 heavy (non-hydrogen) atoms. The summed E-state index contributed by atoms with van der Waals surface area (Å²) in [5.74, 6) is -0.971. The molecule has 1 fully saturated rings. The van der Waals surface area contributed by atoms with Gasteiger partial charge in [0.25, 0.3) is 0 Å². The van der Waals surface area contributed by atoms with Crippen molar-refractivity contribution in [3.63, 3.8) is 0 Å². The van der Waals surface area contributed by atoms with Gasteiger partial charge in [0, 0.05) is 18.7 Å². The van der Waals surface area contributed by atoms with Crippen LogP contribution in [0.4, 0.5) is 8.78 Å². The Morgan fingerprint density at radius 3 is 2.68 bits per heavy atom. The monoisotopic (exact) mass is 268 g/mol. The summed E-state index contributed by atoms with van der Waals surface area (Å²) in [5.41, 5.74) is 0.741. The van der Waals surface area contributed by atoms with E-state index in [1.165, 1.54) is 12.1 Å². The van der Waals surface area contributed by atoms with Crippen molar-refractivity contribution in [3.8, 4) is 0 Å². The Morgan fingerprint density at radius 1 is 1.21 bits per heavy atom. The van der Waals surface area contributed by atoms with Gasteiger partial charge in [0.2, 0.25) is 0 Å². The molecule has 1 saturated heterocycles. The maximum absolute atomic E-state index is 13.1. The molecular formula is C15H22F2N2. The van der Waals surface area contributed by atoms with Crippen LogP contribution in [0.2, 0.25) is 0 Å². The zero-order valence-corrected chi connectivity index (χ0v) is 11.5. The van der Waals surface area contributed by atoms with Gasteiger partial charge in [0.15, 0.2) is 0 Å². The fourth-order valence-electron chi connectivity index (χ4n) is 2.51. The van der Waals surface area contributed by atoms with Crippen LogP contribution in [0.25, 0.3) is 0 Å². The van der Waals surface area contributed by atoms with Gasteiger partial charge in [-0.1, -0.05) is 0 Å². The standard InChI is InChI=1S/C15H22F2N2/c1-12-3-7-19(6-2-5-18-12)8-4-13-9-14(16)11-15(17)10-13/h9-12,18H,2-8H2,1H3. The summed E-state index contributed by atoms with van der Waals surface area (Å²) < 4.78 is 26.2. The first kappa shape index (κ1) is 14.4. The minimum absolute atomic E-state index is 0.486. The van der Waals surface area contributed by atoms with Crippen molar-refractivity contribution in [3.05, 3.63) is 35.4 Å². The minimum Gasteiger partial charge on any atom is -0.314 e. The van der Waals surface area contributed by atoms with Crippen molar-refractivity contribution in [2.24, 2.45) is 0 Å². The van der Waals surface area contributed by atoms with E-state index in [0.29, 0.717) is 12.5 Å². The molecular weight excluding hydrogens is 246 g/mol. The molecule has 1 aliphatic heterocycles. The maximum atomic E-state index is 13.1.